The van der Waals surface area contributed by atoms with Crippen LogP contribution in [0.2, 0.25) is 0 Å². The van der Waals surface area contributed by atoms with Gasteiger partial charge in [0.2, 0.25) is 5.91 Å². The predicted octanol–water partition coefficient (Wildman–Crippen LogP) is 2.79. The average molecular weight is 383 g/mol. The first-order valence-corrected chi connectivity index (χ1v) is 10.3. The number of ether oxygens (including phenoxy) is 1. The van der Waals surface area contributed by atoms with E-state index in [0.29, 0.717) is 25.0 Å². The maximum Gasteiger partial charge on any atom is 0.243 e. The van der Waals surface area contributed by atoms with Crippen molar-refractivity contribution in [3.63, 3.8) is 0 Å². The van der Waals surface area contributed by atoms with Crippen molar-refractivity contribution in [2.24, 2.45) is 5.92 Å². The number of aromatic nitrogens is 2. The van der Waals surface area contributed by atoms with Crippen molar-refractivity contribution in [2.45, 2.75) is 44.8 Å². The van der Waals surface area contributed by atoms with E-state index in [1.807, 2.05) is 27.8 Å². The van der Waals surface area contributed by atoms with Crippen molar-refractivity contribution in [2.75, 3.05) is 26.7 Å². The zero-order valence-electron chi connectivity index (χ0n) is 16.7. The van der Waals surface area contributed by atoms with Crippen LogP contribution in [0.15, 0.2) is 43.0 Å². The molecule has 6 nitrogen and oxygen atoms in total. The van der Waals surface area contributed by atoms with Crippen LogP contribution in [-0.4, -0.2) is 58.0 Å². The van der Waals surface area contributed by atoms with Crippen LogP contribution >= 0.6 is 0 Å². The van der Waals surface area contributed by atoms with E-state index < -0.39 is 0 Å². The van der Waals surface area contributed by atoms with Gasteiger partial charge in [-0.05, 0) is 57.0 Å². The molecule has 0 radical (unpaired) electrons. The average Bonchev–Trinajstić information content (AvgIpc) is 3.41. The number of hydrogen-bond acceptors (Lipinski definition) is 4. The van der Waals surface area contributed by atoms with Crippen molar-refractivity contribution in [3.05, 3.63) is 48.5 Å². The Bertz CT molecular complexity index is 773. The largest absolute Gasteiger partial charge is 0.493 e. The highest BCUT2D eigenvalue weighted by Gasteiger charge is 2.32. The van der Waals surface area contributed by atoms with Gasteiger partial charge in [-0.2, -0.15) is 0 Å². The topological polar surface area (TPSA) is 50.6 Å². The lowest BCUT2D eigenvalue weighted by Crippen LogP contribution is -2.35. The van der Waals surface area contributed by atoms with E-state index in [9.17, 15) is 4.79 Å². The van der Waals surface area contributed by atoms with E-state index in [-0.39, 0.29) is 5.91 Å². The highest BCUT2D eigenvalue weighted by Crippen LogP contribution is 2.29. The van der Waals surface area contributed by atoms with Gasteiger partial charge in [-0.15, -0.1) is 0 Å². The first-order valence-electron chi connectivity index (χ1n) is 10.3. The van der Waals surface area contributed by atoms with Gasteiger partial charge in [-0.25, -0.2) is 4.98 Å². The smallest absolute Gasteiger partial charge is 0.243 e. The maximum absolute atomic E-state index is 12.8. The normalized spacial score (nSPS) is 20.1. The highest BCUT2D eigenvalue weighted by atomic mass is 16.5. The summed E-state index contributed by atoms with van der Waals surface area (Å²) < 4.78 is 7.93. The van der Waals surface area contributed by atoms with Gasteiger partial charge < -0.3 is 19.1 Å². The molecule has 2 aromatic rings. The molecule has 0 N–H and O–H groups in total. The minimum atomic E-state index is 0.150. The van der Waals surface area contributed by atoms with Crippen LogP contribution in [0.3, 0.4) is 0 Å². The standard InChI is InChI=1S/C22H30N4O2/c1-24-10-3-5-19(13-24)16-28-21-6-2-4-18(12-21)14-26(20-7-8-20)22(27)15-25-11-9-23-17-25/h2,4,6,9,11-12,17,19-20H,3,5,7-8,10,13-16H2,1H3/t19-/m1/s1. The summed E-state index contributed by atoms with van der Waals surface area (Å²) in [7, 11) is 2.18. The van der Waals surface area contributed by atoms with E-state index in [0.717, 1.165) is 37.3 Å². The van der Waals surface area contributed by atoms with E-state index in [4.69, 9.17) is 4.74 Å². The summed E-state index contributed by atoms with van der Waals surface area (Å²) in [5.74, 6) is 1.66. The Morgan fingerprint density at radius 2 is 2.21 bits per heavy atom. The number of benzene rings is 1. The van der Waals surface area contributed by atoms with Gasteiger partial charge in [0.25, 0.3) is 0 Å². The molecule has 2 aliphatic rings. The Morgan fingerprint density at radius 3 is 2.96 bits per heavy atom. The van der Waals surface area contributed by atoms with Crippen LogP contribution in [0, 0.1) is 5.92 Å². The minimum absolute atomic E-state index is 0.150. The second kappa shape index (κ2) is 8.78. The summed E-state index contributed by atoms with van der Waals surface area (Å²) in [6.07, 6.45) is 9.92. The lowest BCUT2D eigenvalue weighted by Gasteiger charge is -2.29. The van der Waals surface area contributed by atoms with Crippen molar-refractivity contribution in [1.29, 1.82) is 0 Å². The SMILES string of the molecule is CN1CCC[C@@H](COc2cccc(CN(C(=O)Cn3ccnc3)C3CC3)c2)C1. The van der Waals surface area contributed by atoms with Gasteiger partial charge in [0, 0.05) is 37.4 Å². The molecule has 4 rings (SSSR count). The fourth-order valence-electron chi connectivity index (χ4n) is 3.99. The third-order valence-corrected chi connectivity index (χ3v) is 5.64. The molecule has 1 amide bonds. The van der Waals surface area contributed by atoms with E-state index in [2.05, 4.69) is 29.1 Å². The van der Waals surface area contributed by atoms with Crippen LogP contribution in [0.25, 0.3) is 0 Å². The molecule has 28 heavy (non-hydrogen) atoms. The molecule has 150 valence electrons. The summed E-state index contributed by atoms with van der Waals surface area (Å²) in [4.78, 5) is 21.2. The molecule has 1 saturated carbocycles. The Morgan fingerprint density at radius 1 is 1.32 bits per heavy atom. The van der Waals surface area contributed by atoms with Crippen LogP contribution in [0.1, 0.15) is 31.2 Å². The van der Waals surface area contributed by atoms with Crippen molar-refractivity contribution in [3.8, 4) is 5.75 Å². The van der Waals surface area contributed by atoms with Gasteiger partial charge in [-0.1, -0.05) is 12.1 Å². The number of piperidine rings is 1. The van der Waals surface area contributed by atoms with Crippen molar-refractivity contribution in [1.82, 2.24) is 19.4 Å². The van der Waals surface area contributed by atoms with Gasteiger partial charge >= 0.3 is 0 Å². The highest BCUT2D eigenvalue weighted by molar-refractivity contribution is 5.76. The van der Waals surface area contributed by atoms with E-state index in [1.54, 1.807) is 12.5 Å². The number of likely N-dealkylation sites (tertiary alicyclic amines) is 1. The first kappa shape index (κ1) is 19.0. The number of hydrogen-bond donors (Lipinski definition) is 0. The summed E-state index contributed by atoms with van der Waals surface area (Å²) in [6.45, 7) is 4.05. The summed E-state index contributed by atoms with van der Waals surface area (Å²) in [6, 6.07) is 8.60. The minimum Gasteiger partial charge on any atom is -0.493 e. The number of rotatable bonds is 8. The zero-order chi connectivity index (χ0) is 19.3. The molecule has 2 fully saturated rings. The second-order valence-electron chi connectivity index (χ2n) is 8.22. The predicted molar refractivity (Wildman–Crippen MR) is 108 cm³/mol. The molecule has 0 bridgehead atoms. The second-order valence-corrected chi connectivity index (χ2v) is 8.22. The molecule has 1 saturated heterocycles. The lowest BCUT2D eigenvalue weighted by atomic mass is 9.99. The van der Waals surface area contributed by atoms with Crippen molar-refractivity contribution >= 4 is 5.91 Å². The molecule has 1 aromatic heterocycles. The third kappa shape index (κ3) is 5.13. The fraction of sp³-hybridized carbons (Fsp3) is 0.545. The summed E-state index contributed by atoms with van der Waals surface area (Å²) >= 11 is 0. The van der Waals surface area contributed by atoms with Gasteiger partial charge in [0.15, 0.2) is 0 Å². The monoisotopic (exact) mass is 382 g/mol. The quantitative estimate of drug-likeness (QED) is 0.704. The van der Waals surface area contributed by atoms with Crippen LogP contribution < -0.4 is 4.74 Å². The molecule has 2 heterocycles. The Kier molecular flexibility index (Phi) is 5.95. The summed E-state index contributed by atoms with van der Waals surface area (Å²) in [5.41, 5.74) is 1.13. The number of nitrogens with zero attached hydrogens (tertiary/aromatic N) is 4. The van der Waals surface area contributed by atoms with Crippen molar-refractivity contribution < 1.29 is 9.53 Å². The van der Waals surface area contributed by atoms with Crippen LogP contribution in [0.4, 0.5) is 0 Å². The first-order chi connectivity index (χ1) is 13.7. The lowest BCUT2D eigenvalue weighted by molar-refractivity contribution is -0.133. The van der Waals surface area contributed by atoms with Crippen LogP contribution in [0.5, 0.6) is 5.75 Å². The zero-order valence-corrected chi connectivity index (χ0v) is 16.7. The maximum atomic E-state index is 12.8. The molecular formula is C22H30N4O2. The number of imidazole rings is 1. The fourth-order valence-corrected chi connectivity index (χ4v) is 3.99. The number of carbonyl (C=O) groups is 1. The molecule has 1 atom stereocenters. The third-order valence-electron chi connectivity index (χ3n) is 5.64. The molecule has 1 aromatic carbocycles. The molecular weight excluding hydrogens is 352 g/mol. The Hall–Kier alpha value is -2.34. The van der Waals surface area contributed by atoms with Crippen LogP contribution in [-0.2, 0) is 17.9 Å². The summed E-state index contributed by atoms with van der Waals surface area (Å²) in [5, 5.41) is 0. The molecule has 0 spiro atoms. The van der Waals surface area contributed by atoms with E-state index in [1.165, 1.54) is 19.4 Å². The van der Waals surface area contributed by atoms with Gasteiger partial charge in [0.05, 0.1) is 12.9 Å². The molecule has 0 unspecified atom stereocenters. The van der Waals surface area contributed by atoms with Gasteiger partial charge in [0.1, 0.15) is 12.3 Å². The Labute approximate surface area is 167 Å². The van der Waals surface area contributed by atoms with E-state index >= 15 is 0 Å². The molecule has 1 aliphatic heterocycles. The number of carbonyl (C=O) groups excluding carboxylic acids is 1. The molecule has 1 aliphatic carbocycles. The molecule has 6 heteroatoms. The number of amides is 1. The Balaban J connectivity index is 1.35. The van der Waals surface area contributed by atoms with Gasteiger partial charge in [-0.3, -0.25) is 4.79 Å².